The number of carboxylic acid groups (broad SMARTS) is 1. The monoisotopic (exact) mass is 488 g/mol. The van der Waals surface area contributed by atoms with Crippen molar-refractivity contribution in [1.82, 2.24) is 0 Å². The average Bonchev–Trinajstić information content (AvgIpc) is 3.05. The molecular weight excluding hydrogens is 448 g/mol. The zero-order chi connectivity index (χ0) is 24.3. The van der Waals surface area contributed by atoms with Gasteiger partial charge in [0.15, 0.2) is 0 Å². The maximum Gasteiger partial charge on any atom is 0.397 e. The molecule has 4 N–H and O–H groups in total. The van der Waals surface area contributed by atoms with Crippen LogP contribution < -0.4 is 0 Å². The SMILES string of the molecule is C[C@H](CCC(=O)O)[C@H]1CC[C@H]2[C@@H]3[C@@H](O)C[C@@H]4C[C@H](OS(=O)(=O)O)CC[C@]4(C)[C@H]3C[C@H](O)[C@]12C. The lowest BCUT2D eigenvalue weighted by Crippen LogP contribution is -2.62. The van der Waals surface area contributed by atoms with Gasteiger partial charge in [-0.3, -0.25) is 9.35 Å². The Bertz CT molecular complexity index is 861. The third-order valence-corrected chi connectivity index (χ3v) is 11.1. The van der Waals surface area contributed by atoms with Crippen LogP contribution in [0.4, 0.5) is 0 Å². The maximum atomic E-state index is 11.5. The molecule has 4 saturated carbocycles. The number of carbonyl (C=O) groups is 1. The van der Waals surface area contributed by atoms with Crippen LogP contribution in [0.15, 0.2) is 0 Å². The van der Waals surface area contributed by atoms with Crippen molar-refractivity contribution < 1.29 is 37.3 Å². The van der Waals surface area contributed by atoms with E-state index in [1.807, 2.05) is 0 Å². The highest BCUT2D eigenvalue weighted by atomic mass is 32.3. The third kappa shape index (κ3) is 4.37. The molecule has 0 spiro atoms. The molecule has 0 radical (unpaired) electrons. The van der Waals surface area contributed by atoms with Crippen LogP contribution in [-0.2, 0) is 19.4 Å². The van der Waals surface area contributed by atoms with Crippen molar-refractivity contribution in [1.29, 1.82) is 0 Å². The Morgan fingerprint density at radius 1 is 1.09 bits per heavy atom. The van der Waals surface area contributed by atoms with Crippen molar-refractivity contribution in [2.75, 3.05) is 0 Å². The molecule has 4 aliphatic rings. The molecule has 0 aromatic rings. The largest absolute Gasteiger partial charge is 0.481 e. The Morgan fingerprint density at radius 2 is 1.79 bits per heavy atom. The molecule has 0 bridgehead atoms. The minimum Gasteiger partial charge on any atom is -0.481 e. The van der Waals surface area contributed by atoms with E-state index in [2.05, 4.69) is 20.8 Å². The van der Waals surface area contributed by atoms with Gasteiger partial charge in [0.1, 0.15) is 0 Å². The second kappa shape index (κ2) is 8.73. The second-order valence-corrected chi connectivity index (χ2v) is 13.0. The summed E-state index contributed by atoms with van der Waals surface area (Å²) < 4.78 is 36.4. The lowest BCUT2D eigenvalue weighted by atomic mass is 9.43. The van der Waals surface area contributed by atoms with Crippen molar-refractivity contribution in [3.05, 3.63) is 0 Å². The van der Waals surface area contributed by atoms with Gasteiger partial charge in [-0.2, -0.15) is 8.42 Å². The van der Waals surface area contributed by atoms with Gasteiger partial charge in [-0.1, -0.05) is 20.8 Å². The van der Waals surface area contributed by atoms with Gasteiger partial charge in [0.25, 0.3) is 0 Å². The van der Waals surface area contributed by atoms with Crippen LogP contribution in [-0.4, -0.2) is 52.6 Å². The highest BCUT2D eigenvalue weighted by Gasteiger charge is 2.65. The summed E-state index contributed by atoms with van der Waals surface area (Å²) in [6.07, 6.45) is 3.91. The average molecular weight is 489 g/mol. The minimum absolute atomic E-state index is 0.0671. The van der Waals surface area contributed by atoms with Crippen LogP contribution in [0.5, 0.6) is 0 Å². The molecule has 9 heteroatoms. The standard InChI is InChI=1S/C24H40O8S/c1-13(4-7-21(27)28)16-5-6-17-22-18(12-20(26)24(16,17)3)23(2)9-8-15(32-33(29,30)31)10-14(23)11-19(22)25/h13-20,22,25-26H,4-12H2,1-3H3,(H,27,28)(H,29,30,31)/t13-,14+,15-,16-,17+,18+,19+,20+,22+,23+,24-/m1/s1. The molecular formula is C24H40O8S. The lowest BCUT2D eigenvalue weighted by molar-refractivity contribution is -0.206. The van der Waals surface area contributed by atoms with E-state index in [4.69, 9.17) is 13.8 Å². The first kappa shape index (κ1) is 25.4. The van der Waals surface area contributed by atoms with Crippen LogP contribution in [0, 0.1) is 46.3 Å². The van der Waals surface area contributed by atoms with Crippen molar-refractivity contribution in [3.8, 4) is 0 Å². The zero-order valence-corrected chi connectivity index (χ0v) is 20.7. The van der Waals surface area contributed by atoms with Crippen LogP contribution in [0.1, 0.15) is 78.6 Å². The summed E-state index contributed by atoms with van der Waals surface area (Å²) in [5, 5.41) is 32.0. The Kier molecular flexibility index (Phi) is 6.71. The Balaban J connectivity index is 1.56. The summed E-state index contributed by atoms with van der Waals surface area (Å²) in [6.45, 7) is 6.48. The normalized spacial score (nSPS) is 48.4. The number of hydrogen-bond donors (Lipinski definition) is 4. The molecule has 8 nitrogen and oxygen atoms in total. The fraction of sp³-hybridized carbons (Fsp3) is 0.958. The molecule has 0 aliphatic heterocycles. The first-order valence-corrected chi connectivity index (χ1v) is 13.9. The van der Waals surface area contributed by atoms with E-state index in [0.29, 0.717) is 32.1 Å². The minimum atomic E-state index is -4.51. The van der Waals surface area contributed by atoms with Gasteiger partial charge in [0.2, 0.25) is 0 Å². The number of aliphatic carboxylic acids is 1. The van der Waals surface area contributed by atoms with E-state index in [1.54, 1.807) is 0 Å². The van der Waals surface area contributed by atoms with Gasteiger partial charge in [0.05, 0.1) is 18.3 Å². The van der Waals surface area contributed by atoms with Gasteiger partial charge >= 0.3 is 16.4 Å². The predicted molar refractivity (Wildman–Crippen MR) is 120 cm³/mol. The number of fused-ring (bicyclic) bond motifs is 5. The van der Waals surface area contributed by atoms with E-state index >= 15 is 0 Å². The highest BCUT2D eigenvalue weighted by Crippen LogP contribution is 2.68. The first-order chi connectivity index (χ1) is 15.3. The number of rotatable bonds is 6. The van der Waals surface area contributed by atoms with Crippen LogP contribution in [0.25, 0.3) is 0 Å². The molecule has 11 atom stereocenters. The van der Waals surface area contributed by atoms with Gasteiger partial charge in [-0.15, -0.1) is 0 Å². The molecule has 0 unspecified atom stereocenters. The van der Waals surface area contributed by atoms with Crippen LogP contribution in [0.3, 0.4) is 0 Å². The topological polar surface area (TPSA) is 141 Å². The number of carboxylic acids is 1. The molecule has 190 valence electrons. The van der Waals surface area contributed by atoms with Crippen LogP contribution in [0.2, 0.25) is 0 Å². The predicted octanol–water partition coefficient (Wildman–Crippen LogP) is 3.28. The molecule has 4 fully saturated rings. The molecule has 0 heterocycles. The summed E-state index contributed by atoms with van der Waals surface area (Å²) >= 11 is 0. The summed E-state index contributed by atoms with van der Waals surface area (Å²) in [4.78, 5) is 11.1. The molecule has 0 amide bonds. The zero-order valence-electron chi connectivity index (χ0n) is 19.9. The maximum absolute atomic E-state index is 11.5. The quantitative estimate of drug-likeness (QED) is 0.417. The molecule has 4 rings (SSSR count). The van der Waals surface area contributed by atoms with Crippen molar-refractivity contribution in [3.63, 3.8) is 0 Å². The number of aliphatic hydroxyl groups is 2. The summed E-state index contributed by atoms with van der Waals surface area (Å²) in [6, 6.07) is 0. The lowest BCUT2D eigenvalue weighted by Gasteiger charge is -2.63. The van der Waals surface area contributed by atoms with Gasteiger partial charge in [-0.05, 0) is 97.7 Å². The molecule has 0 aromatic heterocycles. The van der Waals surface area contributed by atoms with Gasteiger partial charge in [-0.25, -0.2) is 4.18 Å². The third-order valence-electron chi connectivity index (χ3n) is 10.6. The van der Waals surface area contributed by atoms with E-state index in [0.717, 1.165) is 19.3 Å². The van der Waals surface area contributed by atoms with E-state index in [1.165, 1.54) is 0 Å². The molecule has 4 aliphatic carbocycles. The van der Waals surface area contributed by atoms with E-state index in [-0.39, 0.29) is 52.8 Å². The molecule has 0 saturated heterocycles. The van der Waals surface area contributed by atoms with Crippen molar-refractivity contribution in [2.45, 2.75) is 96.9 Å². The summed E-state index contributed by atoms with van der Waals surface area (Å²) in [5.41, 5.74) is -0.465. The highest BCUT2D eigenvalue weighted by molar-refractivity contribution is 7.80. The second-order valence-electron chi connectivity index (χ2n) is 11.9. The van der Waals surface area contributed by atoms with E-state index < -0.39 is 34.7 Å². The van der Waals surface area contributed by atoms with E-state index in [9.17, 15) is 23.4 Å². The smallest absolute Gasteiger partial charge is 0.397 e. The fourth-order valence-electron chi connectivity index (χ4n) is 8.93. The Labute approximate surface area is 197 Å². The summed E-state index contributed by atoms with van der Waals surface area (Å²) in [5.74, 6) is 0.102. The van der Waals surface area contributed by atoms with Gasteiger partial charge in [0, 0.05) is 6.42 Å². The van der Waals surface area contributed by atoms with Gasteiger partial charge < -0.3 is 15.3 Å². The first-order valence-electron chi connectivity index (χ1n) is 12.5. The molecule has 33 heavy (non-hydrogen) atoms. The Hall–Kier alpha value is -0.740. The summed E-state index contributed by atoms with van der Waals surface area (Å²) in [7, 11) is -4.51. The van der Waals surface area contributed by atoms with Crippen molar-refractivity contribution in [2.24, 2.45) is 46.3 Å². The fourth-order valence-corrected chi connectivity index (χ4v) is 9.45. The van der Waals surface area contributed by atoms with Crippen LogP contribution >= 0.6 is 0 Å². The Morgan fingerprint density at radius 3 is 2.42 bits per heavy atom. The number of hydrogen-bond acceptors (Lipinski definition) is 6. The van der Waals surface area contributed by atoms with Crippen molar-refractivity contribution >= 4 is 16.4 Å². The number of aliphatic hydroxyl groups excluding tert-OH is 2. The molecule has 0 aromatic carbocycles.